The van der Waals surface area contributed by atoms with Crippen LogP contribution in [0.1, 0.15) is 48.5 Å². The molecule has 3 heterocycles. The van der Waals surface area contributed by atoms with Crippen molar-refractivity contribution in [2.24, 2.45) is 0 Å². The minimum atomic E-state index is -0.251. The molecule has 1 amide bonds. The number of rotatable bonds is 6. The average Bonchev–Trinajstić information content (AvgIpc) is 3.52. The van der Waals surface area contributed by atoms with Crippen LogP contribution >= 0.6 is 22.9 Å². The molecule has 5 rings (SSSR count). The Morgan fingerprint density at radius 2 is 1.80 bits per heavy atom. The van der Waals surface area contributed by atoms with E-state index in [-0.39, 0.29) is 18.2 Å². The highest BCUT2D eigenvalue weighted by Gasteiger charge is 2.26. The Kier molecular flexibility index (Phi) is 6.00. The Morgan fingerprint density at radius 3 is 2.57 bits per heavy atom. The normalized spacial score (nSPS) is 11.2. The number of hydrogen-bond acceptors (Lipinski definition) is 5. The van der Waals surface area contributed by atoms with Gasteiger partial charge in [0.15, 0.2) is 11.6 Å². The number of aromatic nitrogens is 4. The third kappa shape index (κ3) is 4.15. The van der Waals surface area contributed by atoms with E-state index in [4.69, 9.17) is 11.6 Å². The largest absolute Gasteiger partial charge is 0.351 e. The lowest BCUT2D eigenvalue weighted by Crippen LogP contribution is -2.25. The summed E-state index contributed by atoms with van der Waals surface area (Å²) in [6.07, 6.45) is 0. The first kappa shape index (κ1) is 23.0. The molecule has 3 aromatic heterocycles. The fraction of sp³-hybridized carbons (Fsp3) is 0.154. The van der Waals surface area contributed by atoms with E-state index >= 15 is 0 Å². The van der Waals surface area contributed by atoms with Gasteiger partial charge in [-0.1, -0.05) is 41.9 Å². The van der Waals surface area contributed by atoms with Crippen molar-refractivity contribution in [1.82, 2.24) is 25.1 Å². The molecular formula is C26H22ClN5O2S. The van der Waals surface area contributed by atoms with Crippen molar-refractivity contribution in [3.8, 4) is 5.00 Å². The van der Waals surface area contributed by atoms with Crippen molar-refractivity contribution in [1.29, 1.82) is 0 Å². The molecule has 0 saturated carbocycles. The summed E-state index contributed by atoms with van der Waals surface area (Å²) in [6.45, 7) is 5.87. The maximum Gasteiger partial charge on any atom is 0.268 e. The van der Waals surface area contributed by atoms with Gasteiger partial charge in [0, 0.05) is 21.3 Å². The lowest BCUT2D eigenvalue weighted by atomic mass is 10.0. The SMILES string of the molecule is Cc1sc(-n2c(C)nnc2CNC(=O)c2cc3ccccc3[nH]2)c(C(=O)c2ccccc2Cl)c1C. The number of fused-ring (bicyclic) bond motifs is 1. The molecule has 0 spiro atoms. The fourth-order valence-electron chi connectivity index (χ4n) is 4.05. The standard InChI is InChI=1S/C26H22ClN5O2S/c1-14-15(2)35-26(23(14)24(33)18-9-5-6-10-19(18)27)32-16(3)30-31-22(32)13-28-25(34)21-12-17-8-4-7-11-20(17)29-21/h4-12,29H,13H2,1-3H3,(H,28,34). The van der Waals surface area contributed by atoms with Crippen LogP contribution < -0.4 is 5.32 Å². The smallest absolute Gasteiger partial charge is 0.268 e. The zero-order valence-electron chi connectivity index (χ0n) is 19.3. The maximum atomic E-state index is 13.6. The summed E-state index contributed by atoms with van der Waals surface area (Å²) >= 11 is 7.83. The summed E-state index contributed by atoms with van der Waals surface area (Å²) in [5.41, 5.74) is 3.24. The van der Waals surface area contributed by atoms with Crippen LogP contribution in [0.3, 0.4) is 0 Å². The number of hydrogen-bond donors (Lipinski definition) is 2. The van der Waals surface area contributed by atoms with E-state index in [9.17, 15) is 9.59 Å². The van der Waals surface area contributed by atoms with Gasteiger partial charge in [0.1, 0.15) is 16.5 Å². The van der Waals surface area contributed by atoms with Crippen LogP contribution in [0.25, 0.3) is 15.9 Å². The summed E-state index contributed by atoms with van der Waals surface area (Å²) < 4.78 is 1.83. The molecule has 0 aliphatic rings. The van der Waals surface area contributed by atoms with Crippen LogP contribution in [-0.2, 0) is 6.54 Å². The number of amides is 1. The van der Waals surface area contributed by atoms with Gasteiger partial charge < -0.3 is 10.3 Å². The zero-order valence-corrected chi connectivity index (χ0v) is 20.9. The predicted molar refractivity (Wildman–Crippen MR) is 138 cm³/mol. The number of benzene rings is 2. The molecule has 0 unspecified atom stereocenters. The number of aromatic amines is 1. The van der Waals surface area contributed by atoms with Crippen LogP contribution in [0.4, 0.5) is 0 Å². The molecule has 0 bridgehead atoms. The number of halogens is 1. The van der Waals surface area contributed by atoms with Gasteiger partial charge in [-0.15, -0.1) is 21.5 Å². The minimum Gasteiger partial charge on any atom is -0.351 e. The quantitative estimate of drug-likeness (QED) is 0.297. The number of nitrogens with one attached hydrogen (secondary N) is 2. The lowest BCUT2D eigenvalue weighted by molar-refractivity contribution is 0.0944. The van der Waals surface area contributed by atoms with Crippen molar-refractivity contribution in [2.75, 3.05) is 0 Å². The molecule has 0 radical (unpaired) electrons. The van der Waals surface area contributed by atoms with Gasteiger partial charge in [0.05, 0.1) is 17.1 Å². The van der Waals surface area contributed by atoms with Gasteiger partial charge in [0.25, 0.3) is 5.91 Å². The molecule has 0 saturated heterocycles. The zero-order chi connectivity index (χ0) is 24.7. The lowest BCUT2D eigenvalue weighted by Gasteiger charge is -2.11. The van der Waals surface area contributed by atoms with Crippen molar-refractivity contribution in [2.45, 2.75) is 27.3 Å². The van der Waals surface area contributed by atoms with E-state index in [1.807, 2.05) is 55.7 Å². The van der Waals surface area contributed by atoms with Crippen molar-refractivity contribution in [3.05, 3.63) is 98.5 Å². The third-order valence-electron chi connectivity index (χ3n) is 5.99. The monoisotopic (exact) mass is 503 g/mol. The number of para-hydroxylation sites is 1. The number of thiophene rings is 1. The number of nitrogens with zero attached hydrogens (tertiary/aromatic N) is 3. The minimum absolute atomic E-state index is 0.144. The van der Waals surface area contributed by atoms with E-state index in [2.05, 4.69) is 20.5 Å². The van der Waals surface area contributed by atoms with Gasteiger partial charge in [-0.2, -0.15) is 0 Å². The molecule has 0 atom stereocenters. The molecule has 0 aliphatic carbocycles. The first-order chi connectivity index (χ1) is 16.8. The number of aryl methyl sites for hydroxylation is 2. The number of carbonyl (C=O) groups excluding carboxylic acids is 2. The molecular weight excluding hydrogens is 482 g/mol. The summed E-state index contributed by atoms with van der Waals surface area (Å²) in [5.74, 6) is 0.740. The van der Waals surface area contributed by atoms with Crippen molar-refractivity contribution >= 4 is 45.5 Å². The molecule has 176 valence electrons. The molecule has 35 heavy (non-hydrogen) atoms. The van der Waals surface area contributed by atoms with Gasteiger partial charge in [-0.25, -0.2) is 0 Å². The van der Waals surface area contributed by atoms with Crippen LogP contribution in [0.2, 0.25) is 5.02 Å². The Labute approximate surface area is 210 Å². The second kappa shape index (κ2) is 9.13. The molecule has 0 fully saturated rings. The van der Waals surface area contributed by atoms with Crippen molar-refractivity contribution in [3.63, 3.8) is 0 Å². The first-order valence-corrected chi connectivity index (χ1v) is 12.2. The van der Waals surface area contributed by atoms with E-state index in [1.54, 1.807) is 24.3 Å². The van der Waals surface area contributed by atoms with Crippen LogP contribution in [-0.4, -0.2) is 31.4 Å². The van der Waals surface area contributed by atoms with Crippen LogP contribution in [0, 0.1) is 20.8 Å². The molecule has 7 nitrogen and oxygen atoms in total. The first-order valence-electron chi connectivity index (χ1n) is 11.0. The molecule has 0 aliphatic heterocycles. The number of ketones is 1. The third-order valence-corrected chi connectivity index (χ3v) is 7.51. The predicted octanol–water partition coefficient (Wildman–Crippen LogP) is 5.55. The second-order valence-electron chi connectivity index (χ2n) is 8.22. The van der Waals surface area contributed by atoms with Gasteiger partial charge >= 0.3 is 0 Å². The number of carbonyl (C=O) groups is 2. The highest BCUT2D eigenvalue weighted by Crippen LogP contribution is 2.35. The Balaban J connectivity index is 1.48. The molecule has 9 heteroatoms. The van der Waals surface area contributed by atoms with E-state index in [0.717, 1.165) is 21.3 Å². The Hall–Kier alpha value is -3.75. The summed E-state index contributed by atoms with van der Waals surface area (Å²) in [7, 11) is 0. The topological polar surface area (TPSA) is 92.7 Å². The van der Waals surface area contributed by atoms with Gasteiger partial charge in [-0.05, 0) is 50.6 Å². The molecule has 2 aromatic carbocycles. The summed E-state index contributed by atoms with van der Waals surface area (Å²) in [6, 6.07) is 16.5. The highest BCUT2D eigenvalue weighted by atomic mass is 35.5. The van der Waals surface area contributed by atoms with E-state index < -0.39 is 0 Å². The Bertz CT molecular complexity index is 1560. The van der Waals surface area contributed by atoms with Gasteiger partial charge in [-0.3, -0.25) is 14.2 Å². The highest BCUT2D eigenvalue weighted by molar-refractivity contribution is 7.15. The average molecular weight is 504 g/mol. The van der Waals surface area contributed by atoms with Gasteiger partial charge in [0.2, 0.25) is 0 Å². The van der Waals surface area contributed by atoms with Crippen molar-refractivity contribution < 1.29 is 9.59 Å². The molecule has 5 aromatic rings. The van der Waals surface area contributed by atoms with E-state index in [1.165, 1.54) is 11.3 Å². The maximum absolute atomic E-state index is 13.6. The van der Waals surface area contributed by atoms with E-state index in [0.29, 0.717) is 38.5 Å². The Morgan fingerprint density at radius 1 is 1.06 bits per heavy atom. The fourth-order valence-corrected chi connectivity index (χ4v) is 5.49. The summed E-state index contributed by atoms with van der Waals surface area (Å²) in [4.78, 5) is 30.5. The number of H-pyrrole nitrogens is 1. The molecule has 2 N–H and O–H groups in total. The second-order valence-corrected chi connectivity index (χ2v) is 9.83. The van der Waals surface area contributed by atoms with Crippen LogP contribution in [0.15, 0.2) is 54.6 Å². The van der Waals surface area contributed by atoms with Crippen LogP contribution in [0.5, 0.6) is 0 Å². The summed E-state index contributed by atoms with van der Waals surface area (Å²) in [5, 5.41) is 13.5.